The number of methoxy groups -OCH3 is 3. The average Bonchev–Trinajstić information content (AvgIpc) is 3.20. The molecule has 1 heterocycles. The van der Waals surface area contributed by atoms with Crippen molar-refractivity contribution < 1.29 is 19.0 Å². The molecule has 1 aromatic carbocycles. The van der Waals surface area contributed by atoms with Crippen LogP contribution in [0.5, 0.6) is 17.2 Å². The lowest BCUT2D eigenvalue weighted by atomic mass is 10.1. The molecule has 5 heteroatoms. The van der Waals surface area contributed by atoms with Crippen LogP contribution in [0.4, 0.5) is 0 Å². The maximum atomic E-state index is 11.9. The summed E-state index contributed by atoms with van der Waals surface area (Å²) in [5.74, 6) is 1.48. The molecule has 92 valence electrons. The van der Waals surface area contributed by atoms with Crippen LogP contribution in [0.15, 0.2) is 12.1 Å². The quantitative estimate of drug-likeness (QED) is 0.737. The molecule has 0 spiro atoms. The van der Waals surface area contributed by atoms with E-state index in [1.165, 1.54) is 21.3 Å². The number of nitrogens with zero attached hydrogens (tertiary/aromatic N) is 1. The third-order valence-corrected chi connectivity index (χ3v) is 2.65. The van der Waals surface area contributed by atoms with Gasteiger partial charge in [-0.15, -0.1) is 0 Å². The van der Waals surface area contributed by atoms with Crippen LogP contribution in [-0.2, 0) is 0 Å². The Bertz CT molecular complexity index is 415. The fourth-order valence-corrected chi connectivity index (χ4v) is 1.64. The fourth-order valence-electron chi connectivity index (χ4n) is 1.64. The van der Waals surface area contributed by atoms with E-state index in [0.29, 0.717) is 22.8 Å². The summed E-state index contributed by atoms with van der Waals surface area (Å²) in [6.07, 6.45) is 0. The van der Waals surface area contributed by atoms with E-state index in [1.54, 1.807) is 17.0 Å². The van der Waals surface area contributed by atoms with E-state index < -0.39 is 0 Å². The predicted molar refractivity (Wildman–Crippen MR) is 62.0 cm³/mol. The van der Waals surface area contributed by atoms with Gasteiger partial charge in [0.05, 0.1) is 21.3 Å². The number of carbonyl (C=O) groups is 1. The Morgan fingerprint density at radius 1 is 1.06 bits per heavy atom. The fraction of sp³-hybridized carbons (Fsp3) is 0.417. The van der Waals surface area contributed by atoms with Gasteiger partial charge in [0.15, 0.2) is 11.5 Å². The first kappa shape index (κ1) is 11.6. The number of benzene rings is 1. The van der Waals surface area contributed by atoms with Crippen molar-refractivity contribution in [3.05, 3.63) is 17.7 Å². The van der Waals surface area contributed by atoms with Crippen LogP contribution in [-0.4, -0.2) is 45.2 Å². The summed E-state index contributed by atoms with van der Waals surface area (Å²) in [5, 5.41) is 0. The molecule has 1 saturated heterocycles. The molecule has 2 rings (SSSR count). The molecule has 5 nitrogen and oxygen atoms in total. The van der Waals surface area contributed by atoms with Gasteiger partial charge in [0.25, 0.3) is 5.91 Å². The minimum atomic E-state index is -0.00995. The number of ether oxygens (including phenoxy) is 3. The van der Waals surface area contributed by atoms with Crippen molar-refractivity contribution in [1.29, 1.82) is 0 Å². The maximum Gasteiger partial charge on any atom is 0.254 e. The standard InChI is InChI=1S/C12H15NO4/c1-15-9-6-8(12(14)13-4-5-13)7-10(16-2)11(9)17-3/h6-7H,4-5H2,1-3H3. The first-order valence-electron chi connectivity index (χ1n) is 5.30. The van der Waals surface area contributed by atoms with E-state index in [-0.39, 0.29) is 5.91 Å². The second kappa shape index (κ2) is 4.53. The molecule has 1 aliphatic rings. The van der Waals surface area contributed by atoms with Gasteiger partial charge in [0, 0.05) is 18.7 Å². The van der Waals surface area contributed by atoms with Gasteiger partial charge >= 0.3 is 0 Å². The Kier molecular flexibility index (Phi) is 3.08. The molecule has 0 aromatic heterocycles. The highest BCUT2D eigenvalue weighted by atomic mass is 16.5. The van der Waals surface area contributed by atoms with E-state index in [2.05, 4.69) is 0 Å². The molecule has 17 heavy (non-hydrogen) atoms. The second-order valence-corrected chi connectivity index (χ2v) is 3.71. The van der Waals surface area contributed by atoms with E-state index in [0.717, 1.165) is 13.1 Å². The van der Waals surface area contributed by atoms with Crippen LogP contribution < -0.4 is 14.2 Å². The lowest BCUT2D eigenvalue weighted by Gasteiger charge is -2.13. The van der Waals surface area contributed by atoms with Gasteiger partial charge in [-0.1, -0.05) is 0 Å². The molecule has 0 N–H and O–H groups in total. The van der Waals surface area contributed by atoms with Crippen LogP contribution in [0, 0.1) is 0 Å². The zero-order chi connectivity index (χ0) is 12.4. The van der Waals surface area contributed by atoms with Gasteiger partial charge in [0.1, 0.15) is 0 Å². The highest BCUT2D eigenvalue weighted by Crippen LogP contribution is 2.38. The van der Waals surface area contributed by atoms with Gasteiger partial charge < -0.3 is 19.1 Å². The van der Waals surface area contributed by atoms with E-state index >= 15 is 0 Å². The smallest absolute Gasteiger partial charge is 0.254 e. The van der Waals surface area contributed by atoms with Gasteiger partial charge in [-0.25, -0.2) is 0 Å². The van der Waals surface area contributed by atoms with E-state index in [4.69, 9.17) is 14.2 Å². The highest BCUT2D eigenvalue weighted by molar-refractivity contribution is 5.96. The Labute approximate surface area is 99.9 Å². The van der Waals surface area contributed by atoms with Crippen molar-refractivity contribution in [2.24, 2.45) is 0 Å². The summed E-state index contributed by atoms with van der Waals surface area (Å²) in [6, 6.07) is 3.34. The number of carbonyl (C=O) groups excluding carboxylic acids is 1. The number of hydrogen-bond acceptors (Lipinski definition) is 4. The van der Waals surface area contributed by atoms with Crippen LogP contribution in [0.3, 0.4) is 0 Å². The van der Waals surface area contributed by atoms with Crippen molar-refractivity contribution in [1.82, 2.24) is 4.90 Å². The van der Waals surface area contributed by atoms with Crippen molar-refractivity contribution in [2.45, 2.75) is 0 Å². The summed E-state index contributed by atoms with van der Waals surface area (Å²) in [4.78, 5) is 13.7. The summed E-state index contributed by atoms with van der Waals surface area (Å²) in [6.45, 7) is 1.63. The van der Waals surface area contributed by atoms with Crippen LogP contribution in [0.25, 0.3) is 0 Å². The monoisotopic (exact) mass is 237 g/mol. The summed E-state index contributed by atoms with van der Waals surface area (Å²) < 4.78 is 15.6. The third kappa shape index (κ3) is 2.13. The molecular formula is C12H15NO4. The van der Waals surface area contributed by atoms with Gasteiger partial charge in [-0.2, -0.15) is 0 Å². The molecule has 1 aromatic rings. The van der Waals surface area contributed by atoms with Crippen molar-refractivity contribution >= 4 is 5.91 Å². The molecule has 0 unspecified atom stereocenters. The zero-order valence-corrected chi connectivity index (χ0v) is 10.1. The van der Waals surface area contributed by atoms with Crippen molar-refractivity contribution in [3.8, 4) is 17.2 Å². The zero-order valence-electron chi connectivity index (χ0n) is 10.1. The molecule has 0 bridgehead atoms. The average molecular weight is 237 g/mol. The molecular weight excluding hydrogens is 222 g/mol. The van der Waals surface area contributed by atoms with Crippen LogP contribution in [0.2, 0.25) is 0 Å². The van der Waals surface area contributed by atoms with Crippen LogP contribution in [0.1, 0.15) is 10.4 Å². The van der Waals surface area contributed by atoms with E-state index in [1.807, 2.05) is 0 Å². The Balaban J connectivity index is 2.43. The molecule has 0 radical (unpaired) electrons. The third-order valence-electron chi connectivity index (χ3n) is 2.65. The first-order chi connectivity index (χ1) is 8.21. The summed E-state index contributed by atoms with van der Waals surface area (Å²) in [7, 11) is 4.60. The van der Waals surface area contributed by atoms with Crippen molar-refractivity contribution in [2.75, 3.05) is 34.4 Å². The first-order valence-corrected chi connectivity index (χ1v) is 5.30. The minimum Gasteiger partial charge on any atom is -0.493 e. The largest absolute Gasteiger partial charge is 0.493 e. The topological polar surface area (TPSA) is 47.8 Å². The van der Waals surface area contributed by atoms with Gasteiger partial charge in [0.2, 0.25) is 5.75 Å². The minimum absolute atomic E-state index is 0.00995. The molecule has 0 saturated carbocycles. The normalized spacial score (nSPS) is 13.2. The Morgan fingerprint density at radius 3 is 1.94 bits per heavy atom. The SMILES string of the molecule is COc1cc(C(=O)N2CC2)cc(OC)c1OC. The predicted octanol–water partition coefficient (Wildman–Crippen LogP) is 1.17. The number of hydrogen-bond donors (Lipinski definition) is 0. The molecule has 1 amide bonds. The number of rotatable bonds is 4. The number of amides is 1. The lowest BCUT2D eigenvalue weighted by Crippen LogP contribution is -2.11. The highest BCUT2D eigenvalue weighted by Gasteiger charge is 2.27. The lowest BCUT2D eigenvalue weighted by molar-refractivity contribution is 0.0884. The van der Waals surface area contributed by atoms with Crippen LogP contribution >= 0.6 is 0 Å². The molecule has 1 fully saturated rings. The Morgan fingerprint density at radius 2 is 1.59 bits per heavy atom. The Hall–Kier alpha value is -1.91. The summed E-state index contributed by atoms with van der Waals surface area (Å²) >= 11 is 0. The van der Waals surface area contributed by atoms with Gasteiger partial charge in [-0.3, -0.25) is 4.79 Å². The van der Waals surface area contributed by atoms with Gasteiger partial charge in [-0.05, 0) is 12.1 Å². The molecule has 0 atom stereocenters. The van der Waals surface area contributed by atoms with E-state index in [9.17, 15) is 4.79 Å². The molecule has 0 aliphatic carbocycles. The van der Waals surface area contributed by atoms with Crippen molar-refractivity contribution in [3.63, 3.8) is 0 Å². The maximum absolute atomic E-state index is 11.9. The summed E-state index contributed by atoms with van der Waals surface area (Å²) in [5.41, 5.74) is 0.553. The second-order valence-electron chi connectivity index (χ2n) is 3.71. The molecule has 1 aliphatic heterocycles.